The van der Waals surface area contributed by atoms with E-state index in [0.717, 1.165) is 35.7 Å². The summed E-state index contributed by atoms with van der Waals surface area (Å²) < 4.78 is 52.0. The van der Waals surface area contributed by atoms with Crippen LogP contribution < -0.4 is 10.6 Å². The van der Waals surface area contributed by atoms with Gasteiger partial charge < -0.3 is 10.6 Å². The minimum Gasteiger partial charge on any atom is -0.338 e. The van der Waals surface area contributed by atoms with Crippen molar-refractivity contribution in [3.05, 3.63) is 53.0 Å². The second kappa shape index (κ2) is 7.84. The Bertz CT molecular complexity index is 798. The van der Waals surface area contributed by atoms with Crippen LogP contribution in [0.25, 0.3) is 0 Å². The third-order valence-corrected chi connectivity index (χ3v) is 4.65. The van der Waals surface area contributed by atoms with Crippen molar-refractivity contribution in [3.63, 3.8) is 0 Å². The number of nitrogens with one attached hydrogen (secondary N) is 2. The average molecular weight is 381 g/mol. The number of hydrogen-bond acceptors (Lipinski definition) is 3. The molecule has 1 fully saturated rings. The number of pyridine rings is 1. The van der Waals surface area contributed by atoms with Gasteiger partial charge >= 0.3 is 6.18 Å². The van der Waals surface area contributed by atoms with Gasteiger partial charge in [-0.1, -0.05) is 13.8 Å². The van der Waals surface area contributed by atoms with Crippen LogP contribution in [0.3, 0.4) is 0 Å². The summed E-state index contributed by atoms with van der Waals surface area (Å²) in [5, 5.41) is 6.21. The van der Waals surface area contributed by atoms with Gasteiger partial charge in [0.15, 0.2) is 0 Å². The Kier molecular flexibility index (Phi) is 5.69. The molecule has 146 valence electrons. The fraction of sp³-hybridized carbons (Fsp3) is 0.450. The van der Waals surface area contributed by atoms with Gasteiger partial charge in [-0.05, 0) is 66.6 Å². The van der Waals surface area contributed by atoms with Crippen molar-refractivity contribution >= 4 is 11.5 Å². The zero-order valence-electron chi connectivity index (χ0n) is 15.3. The van der Waals surface area contributed by atoms with Gasteiger partial charge in [-0.2, -0.15) is 13.2 Å². The van der Waals surface area contributed by atoms with E-state index in [1.807, 2.05) is 6.07 Å². The van der Waals surface area contributed by atoms with Gasteiger partial charge in [-0.25, -0.2) is 9.37 Å². The molecule has 3 rings (SSSR count). The van der Waals surface area contributed by atoms with E-state index in [2.05, 4.69) is 29.5 Å². The highest BCUT2D eigenvalue weighted by molar-refractivity contribution is 5.58. The lowest BCUT2D eigenvalue weighted by Crippen LogP contribution is -2.18. The summed E-state index contributed by atoms with van der Waals surface area (Å²) in [6.07, 6.45) is -0.273. The van der Waals surface area contributed by atoms with E-state index >= 15 is 0 Å². The second-order valence-electron chi connectivity index (χ2n) is 7.31. The molecule has 0 bridgehead atoms. The Labute approximate surface area is 156 Å². The van der Waals surface area contributed by atoms with Crippen LogP contribution in [0.4, 0.5) is 29.1 Å². The Balaban J connectivity index is 1.75. The second-order valence-corrected chi connectivity index (χ2v) is 7.31. The summed E-state index contributed by atoms with van der Waals surface area (Å²) in [4.78, 5) is 4.30. The molecule has 2 N–H and O–H groups in total. The highest BCUT2D eigenvalue weighted by Gasteiger charge is 2.31. The maximum atomic E-state index is 14.1. The van der Waals surface area contributed by atoms with Crippen LogP contribution >= 0.6 is 0 Å². The molecule has 0 unspecified atom stereocenters. The lowest BCUT2D eigenvalue weighted by atomic mass is 9.99. The third kappa shape index (κ3) is 5.19. The van der Waals surface area contributed by atoms with Crippen LogP contribution in [0.1, 0.15) is 49.3 Å². The number of halogens is 4. The molecule has 1 aliphatic carbocycles. The molecule has 0 aliphatic heterocycles. The molecule has 27 heavy (non-hydrogen) atoms. The first-order valence-electron chi connectivity index (χ1n) is 9.07. The first-order chi connectivity index (χ1) is 12.7. The SMILES string of the molecule is CC(C)c1cc(Nc2ccc(C(F)(F)F)cc2F)ncc1CNCC1CC1. The molecule has 7 heteroatoms. The fourth-order valence-corrected chi connectivity index (χ4v) is 2.92. The number of nitrogens with zero attached hydrogens (tertiary/aromatic N) is 1. The summed E-state index contributed by atoms with van der Waals surface area (Å²) >= 11 is 0. The predicted molar refractivity (Wildman–Crippen MR) is 97.4 cm³/mol. The molecule has 0 radical (unpaired) electrons. The molecule has 1 saturated carbocycles. The smallest absolute Gasteiger partial charge is 0.338 e. The topological polar surface area (TPSA) is 37.0 Å². The number of benzene rings is 1. The highest BCUT2D eigenvalue weighted by Crippen LogP contribution is 2.32. The van der Waals surface area contributed by atoms with E-state index < -0.39 is 17.6 Å². The van der Waals surface area contributed by atoms with E-state index in [1.54, 1.807) is 6.20 Å². The first-order valence-corrected chi connectivity index (χ1v) is 9.07. The Morgan fingerprint density at radius 2 is 1.93 bits per heavy atom. The summed E-state index contributed by atoms with van der Waals surface area (Å²) in [6.45, 7) is 5.82. The summed E-state index contributed by atoms with van der Waals surface area (Å²) in [6, 6.07) is 4.25. The van der Waals surface area contributed by atoms with Crippen LogP contribution in [0.2, 0.25) is 0 Å². The molecule has 0 atom stereocenters. The Morgan fingerprint density at radius 3 is 2.52 bits per heavy atom. The molecule has 0 amide bonds. The molecular weight excluding hydrogens is 358 g/mol. The van der Waals surface area contributed by atoms with E-state index in [9.17, 15) is 17.6 Å². The molecule has 2 aromatic rings. The van der Waals surface area contributed by atoms with E-state index in [4.69, 9.17) is 0 Å². The lowest BCUT2D eigenvalue weighted by molar-refractivity contribution is -0.137. The van der Waals surface area contributed by atoms with Gasteiger partial charge in [0.25, 0.3) is 0 Å². The Morgan fingerprint density at radius 1 is 1.19 bits per heavy atom. The van der Waals surface area contributed by atoms with Gasteiger partial charge in [-0.3, -0.25) is 0 Å². The number of hydrogen-bond donors (Lipinski definition) is 2. The van der Waals surface area contributed by atoms with E-state index in [1.165, 1.54) is 12.8 Å². The molecule has 3 nitrogen and oxygen atoms in total. The maximum Gasteiger partial charge on any atom is 0.416 e. The largest absolute Gasteiger partial charge is 0.416 e. The first kappa shape index (κ1) is 19.6. The molecule has 1 aromatic carbocycles. The summed E-state index contributed by atoms with van der Waals surface area (Å²) in [5.41, 5.74) is 1.09. The molecule has 0 saturated heterocycles. The fourth-order valence-electron chi connectivity index (χ4n) is 2.92. The monoisotopic (exact) mass is 381 g/mol. The highest BCUT2D eigenvalue weighted by atomic mass is 19.4. The van der Waals surface area contributed by atoms with Crippen molar-refractivity contribution in [2.45, 2.75) is 45.3 Å². The van der Waals surface area contributed by atoms with Gasteiger partial charge in [0.05, 0.1) is 11.3 Å². The van der Waals surface area contributed by atoms with E-state index in [-0.39, 0.29) is 11.6 Å². The van der Waals surface area contributed by atoms with Crippen LogP contribution in [-0.4, -0.2) is 11.5 Å². The lowest BCUT2D eigenvalue weighted by Gasteiger charge is -2.16. The van der Waals surface area contributed by atoms with Crippen molar-refractivity contribution < 1.29 is 17.6 Å². The van der Waals surface area contributed by atoms with Gasteiger partial charge in [0.1, 0.15) is 11.6 Å². The third-order valence-electron chi connectivity index (χ3n) is 4.65. The van der Waals surface area contributed by atoms with Crippen LogP contribution in [0.5, 0.6) is 0 Å². The van der Waals surface area contributed by atoms with Crippen LogP contribution in [-0.2, 0) is 12.7 Å². The average Bonchev–Trinajstić information content (AvgIpc) is 3.41. The standard InChI is InChI=1S/C20H23F4N3/c1-12(2)16-8-19(26-11-14(16)10-25-9-13-3-4-13)27-18-6-5-15(7-17(18)21)20(22,23)24/h5-8,11-13,25H,3-4,9-10H2,1-2H3,(H,26,27). The minimum absolute atomic E-state index is 0.0372. The maximum absolute atomic E-state index is 14.1. The molecule has 1 aliphatic rings. The zero-order valence-corrected chi connectivity index (χ0v) is 15.3. The van der Waals surface area contributed by atoms with Crippen LogP contribution in [0.15, 0.2) is 30.5 Å². The normalized spacial score (nSPS) is 14.6. The quantitative estimate of drug-likeness (QED) is 0.613. The van der Waals surface area contributed by atoms with Crippen molar-refractivity contribution in [1.82, 2.24) is 10.3 Å². The van der Waals surface area contributed by atoms with Gasteiger partial charge in [0, 0.05) is 12.7 Å². The predicted octanol–water partition coefficient (Wildman–Crippen LogP) is 5.61. The number of alkyl halides is 3. The summed E-state index contributed by atoms with van der Waals surface area (Å²) in [5.74, 6) is 0.462. The number of rotatable bonds is 7. The van der Waals surface area contributed by atoms with Crippen molar-refractivity contribution in [2.75, 3.05) is 11.9 Å². The molecular formula is C20H23F4N3. The van der Waals surface area contributed by atoms with Crippen molar-refractivity contribution in [3.8, 4) is 0 Å². The molecule has 0 spiro atoms. The zero-order chi connectivity index (χ0) is 19.6. The van der Waals surface area contributed by atoms with Crippen LogP contribution in [0, 0.1) is 11.7 Å². The number of aromatic nitrogens is 1. The summed E-state index contributed by atoms with van der Waals surface area (Å²) in [7, 11) is 0. The van der Waals surface area contributed by atoms with Gasteiger partial charge in [-0.15, -0.1) is 0 Å². The Hall–Kier alpha value is -2.15. The minimum atomic E-state index is -4.57. The van der Waals surface area contributed by atoms with Crippen molar-refractivity contribution in [2.24, 2.45) is 5.92 Å². The molecule has 1 aromatic heterocycles. The van der Waals surface area contributed by atoms with Crippen molar-refractivity contribution in [1.29, 1.82) is 0 Å². The van der Waals surface area contributed by atoms with E-state index in [0.29, 0.717) is 18.4 Å². The molecule has 1 heterocycles. The van der Waals surface area contributed by atoms with Gasteiger partial charge in [0.2, 0.25) is 0 Å². The number of anilines is 2.